The van der Waals surface area contributed by atoms with Crippen molar-refractivity contribution < 1.29 is 17.9 Å². The fraction of sp³-hybridized carbons (Fsp3) is 0.357. The van der Waals surface area contributed by atoms with Crippen LogP contribution in [0.5, 0.6) is 0 Å². The van der Waals surface area contributed by atoms with Crippen LogP contribution in [0, 0.1) is 0 Å². The minimum Gasteiger partial charge on any atom is -0.463 e. The van der Waals surface area contributed by atoms with Gasteiger partial charge < -0.3 is 4.74 Å². The molecule has 0 aromatic heterocycles. The van der Waals surface area contributed by atoms with Crippen LogP contribution in [-0.4, -0.2) is 31.8 Å². The predicted molar refractivity (Wildman–Crippen MR) is 80.8 cm³/mol. The van der Waals surface area contributed by atoms with Crippen LogP contribution < -0.4 is 0 Å². The summed E-state index contributed by atoms with van der Waals surface area (Å²) in [6.07, 6.45) is 1.15. The van der Waals surface area contributed by atoms with Crippen LogP contribution in [0.4, 0.5) is 0 Å². The van der Waals surface area contributed by atoms with E-state index in [0.717, 1.165) is 0 Å². The maximum absolute atomic E-state index is 12.6. The molecule has 0 bridgehead atoms. The summed E-state index contributed by atoms with van der Waals surface area (Å²) in [6, 6.07) is 5.10. The molecule has 2 aliphatic rings. The van der Waals surface area contributed by atoms with Crippen LogP contribution in [0.3, 0.4) is 0 Å². The second-order valence-corrected chi connectivity index (χ2v) is 7.62. The monoisotopic (exact) mass is 371 g/mol. The number of halogens is 1. The number of nitrogens with zero attached hydrogens (tertiary/aromatic N) is 1. The molecule has 5 nitrogen and oxygen atoms in total. The summed E-state index contributed by atoms with van der Waals surface area (Å²) in [5, 5.41) is 0. The third kappa shape index (κ3) is 2.19. The zero-order valence-electron chi connectivity index (χ0n) is 11.4. The van der Waals surface area contributed by atoms with Crippen LogP contribution in [0.1, 0.15) is 25.3 Å². The molecule has 0 spiro atoms. The summed E-state index contributed by atoms with van der Waals surface area (Å²) >= 11 is 3.29. The molecule has 0 unspecified atom stereocenters. The first-order valence-electron chi connectivity index (χ1n) is 6.69. The highest BCUT2D eigenvalue weighted by Crippen LogP contribution is 2.44. The predicted octanol–water partition coefficient (Wildman–Crippen LogP) is 2.52. The van der Waals surface area contributed by atoms with E-state index < -0.39 is 16.0 Å². The van der Waals surface area contributed by atoms with Crippen molar-refractivity contribution in [2.45, 2.75) is 24.7 Å². The number of carbonyl (C=O) groups is 1. The van der Waals surface area contributed by atoms with Crippen molar-refractivity contribution in [1.29, 1.82) is 0 Å². The van der Waals surface area contributed by atoms with E-state index in [9.17, 15) is 13.2 Å². The zero-order valence-corrected chi connectivity index (χ0v) is 13.8. The van der Waals surface area contributed by atoms with E-state index >= 15 is 0 Å². The van der Waals surface area contributed by atoms with Crippen molar-refractivity contribution in [2.24, 2.45) is 0 Å². The first kappa shape index (κ1) is 14.6. The van der Waals surface area contributed by atoms with E-state index in [1.807, 2.05) is 0 Å². The Bertz CT molecular complexity index is 754. The zero-order chi connectivity index (χ0) is 15.2. The highest BCUT2D eigenvalue weighted by atomic mass is 79.9. The molecular formula is C14H14BrNO4S. The third-order valence-electron chi connectivity index (χ3n) is 3.61. The largest absolute Gasteiger partial charge is 0.463 e. The van der Waals surface area contributed by atoms with Gasteiger partial charge in [0.25, 0.3) is 10.0 Å². The second kappa shape index (κ2) is 5.14. The van der Waals surface area contributed by atoms with Crippen molar-refractivity contribution in [3.63, 3.8) is 0 Å². The molecule has 0 radical (unpaired) electrons. The standard InChI is InChI=1S/C14H14BrNO4S/c1-2-20-14(17)11-4-3-7-16-13(11)10-6-5-9(15)8-12(10)21(16,18)19/h5-6,8H,2-4,7H2,1H3. The number of esters is 1. The van der Waals surface area contributed by atoms with Crippen LogP contribution in [0.15, 0.2) is 33.1 Å². The Hall–Kier alpha value is -1.34. The van der Waals surface area contributed by atoms with Gasteiger partial charge in [0.15, 0.2) is 0 Å². The first-order valence-corrected chi connectivity index (χ1v) is 8.93. The average Bonchev–Trinajstić information content (AvgIpc) is 2.68. The molecule has 3 rings (SSSR count). The van der Waals surface area contributed by atoms with E-state index in [2.05, 4.69) is 15.9 Å². The van der Waals surface area contributed by atoms with E-state index in [1.165, 1.54) is 4.31 Å². The molecule has 7 heteroatoms. The smallest absolute Gasteiger partial charge is 0.336 e. The van der Waals surface area contributed by atoms with Crippen molar-refractivity contribution in [1.82, 2.24) is 4.31 Å². The maximum Gasteiger partial charge on any atom is 0.336 e. The van der Waals surface area contributed by atoms with Gasteiger partial charge in [-0.3, -0.25) is 4.31 Å². The van der Waals surface area contributed by atoms with Gasteiger partial charge in [-0.05, 0) is 31.9 Å². The maximum atomic E-state index is 12.6. The third-order valence-corrected chi connectivity index (χ3v) is 5.94. The molecule has 0 aliphatic carbocycles. The molecule has 0 N–H and O–H groups in total. The Morgan fingerprint density at radius 1 is 1.43 bits per heavy atom. The molecule has 0 atom stereocenters. The number of benzene rings is 1. The molecule has 0 fully saturated rings. The van der Waals surface area contributed by atoms with Gasteiger partial charge in [-0.25, -0.2) is 13.2 Å². The summed E-state index contributed by atoms with van der Waals surface area (Å²) in [5.74, 6) is -0.428. The highest BCUT2D eigenvalue weighted by molar-refractivity contribution is 9.10. The topological polar surface area (TPSA) is 63.7 Å². The van der Waals surface area contributed by atoms with Gasteiger partial charge in [-0.1, -0.05) is 22.0 Å². The summed E-state index contributed by atoms with van der Waals surface area (Å²) in [4.78, 5) is 12.4. The van der Waals surface area contributed by atoms with E-state index in [0.29, 0.717) is 40.7 Å². The van der Waals surface area contributed by atoms with Gasteiger partial charge in [0.05, 0.1) is 22.8 Å². The van der Waals surface area contributed by atoms with Gasteiger partial charge in [-0.15, -0.1) is 0 Å². The average molecular weight is 372 g/mol. The van der Waals surface area contributed by atoms with Crippen LogP contribution in [-0.2, 0) is 19.6 Å². The molecule has 112 valence electrons. The number of ether oxygens (including phenoxy) is 1. The van der Waals surface area contributed by atoms with Gasteiger partial charge in [0.2, 0.25) is 0 Å². The number of carbonyl (C=O) groups excluding carboxylic acids is 1. The Labute approximate surface area is 131 Å². The van der Waals surface area contributed by atoms with Gasteiger partial charge in [0.1, 0.15) is 0 Å². The lowest BCUT2D eigenvalue weighted by molar-refractivity contribution is -0.138. The van der Waals surface area contributed by atoms with E-state index in [-0.39, 0.29) is 11.5 Å². The molecule has 0 saturated heterocycles. The molecule has 2 heterocycles. The fourth-order valence-corrected chi connectivity index (χ4v) is 5.05. The number of hydrogen-bond donors (Lipinski definition) is 0. The lowest BCUT2D eigenvalue weighted by Crippen LogP contribution is -2.30. The number of hydrogen-bond acceptors (Lipinski definition) is 4. The van der Waals surface area contributed by atoms with E-state index in [4.69, 9.17) is 4.74 Å². The molecule has 0 saturated carbocycles. The van der Waals surface area contributed by atoms with Gasteiger partial charge in [-0.2, -0.15) is 0 Å². The lowest BCUT2D eigenvalue weighted by Gasteiger charge is -2.26. The summed E-state index contributed by atoms with van der Waals surface area (Å²) in [6.45, 7) is 2.41. The summed E-state index contributed by atoms with van der Waals surface area (Å²) in [5.41, 5.74) is 1.52. The van der Waals surface area contributed by atoms with Crippen molar-refractivity contribution in [3.8, 4) is 0 Å². The van der Waals surface area contributed by atoms with Crippen molar-refractivity contribution in [2.75, 3.05) is 13.2 Å². The fourth-order valence-electron chi connectivity index (χ4n) is 2.76. The van der Waals surface area contributed by atoms with Crippen LogP contribution in [0.25, 0.3) is 5.70 Å². The highest BCUT2D eigenvalue weighted by Gasteiger charge is 2.42. The summed E-state index contributed by atoms with van der Waals surface area (Å²) < 4.78 is 32.3. The Kier molecular flexibility index (Phi) is 3.57. The molecular weight excluding hydrogens is 358 g/mol. The molecule has 1 aromatic carbocycles. The van der Waals surface area contributed by atoms with Crippen LogP contribution >= 0.6 is 15.9 Å². The molecule has 1 aromatic rings. The SMILES string of the molecule is CCOC(=O)C1=C2c3ccc(Br)cc3S(=O)(=O)N2CCC1. The Morgan fingerprint density at radius 3 is 2.90 bits per heavy atom. The number of fused-ring (bicyclic) bond motifs is 3. The first-order chi connectivity index (χ1) is 9.96. The van der Waals surface area contributed by atoms with Gasteiger partial charge >= 0.3 is 5.97 Å². The molecule has 0 amide bonds. The van der Waals surface area contributed by atoms with Gasteiger partial charge in [0, 0.05) is 16.6 Å². The minimum absolute atomic E-state index is 0.246. The van der Waals surface area contributed by atoms with E-state index in [1.54, 1.807) is 25.1 Å². The Morgan fingerprint density at radius 2 is 2.19 bits per heavy atom. The molecule has 2 aliphatic heterocycles. The van der Waals surface area contributed by atoms with Crippen molar-refractivity contribution >= 4 is 37.6 Å². The summed E-state index contributed by atoms with van der Waals surface area (Å²) in [7, 11) is -3.57. The minimum atomic E-state index is -3.57. The van der Waals surface area contributed by atoms with Crippen LogP contribution in [0.2, 0.25) is 0 Å². The molecule has 21 heavy (non-hydrogen) atoms. The second-order valence-electron chi connectivity index (χ2n) is 4.87. The quantitative estimate of drug-likeness (QED) is 0.749. The number of rotatable bonds is 2. The number of sulfonamides is 1. The lowest BCUT2D eigenvalue weighted by atomic mass is 9.99. The van der Waals surface area contributed by atoms with Crippen molar-refractivity contribution in [3.05, 3.63) is 33.8 Å². The normalized spacial score (nSPS) is 19.2. The Balaban J connectivity index is 2.26.